The van der Waals surface area contributed by atoms with E-state index in [9.17, 15) is 14.4 Å². The van der Waals surface area contributed by atoms with Crippen LogP contribution in [0.5, 0.6) is 0 Å². The maximum absolute atomic E-state index is 13.3. The summed E-state index contributed by atoms with van der Waals surface area (Å²) in [5.74, 6) is -0.481. The molecule has 10 heteroatoms. The van der Waals surface area contributed by atoms with E-state index in [1.807, 2.05) is 12.1 Å². The molecule has 0 fully saturated rings. The summed E-state index contributed by atoms with van der Waals surface area (Å²) in [7, 11) is 1.34. The van der Waals surface area contributed by atoms with Crippen molar-refractivity contribution >= 4 is 45.2 Å². The van der Waals surface area contributed by atoms with Gasteiger partial charge in [0.15, 0.2) is 6.10 Å². The number of pyridine rings is 1. The number of nitrogens with one attached hydrogen (secondary N) is 2. The minimum atomic E-state index is -1.04. The molecule has 0 bridgehead atoms. The monoisotopic (exact) mass is 574 g/mol. The van der Waals surface area contributed by atoms with Gasteiger partial charge in [0.25, 0.3) is 5.91 Å². The van der Waals surface area contributed by atoms with Crippen molar-refractivity contribution < 1.29 is 23.9 Å². The molecule has 3 heterocycles. The van der Waals surface area contributed by atoms with E-state index in [1.165, 1.54) is 18.4 Å². The number of H-pyrrole nitrogens is 1. The first-order valence-electron chi connectivity index (χ1n) is 13.7. The second kappa shape index (κ2) is 11.4. The molecule has 2 N–H and O–H groups in total. The summed E-state index contributed by atoms with van der Waals surface area (Å²) in [6.07, 6.45) is 5.16. The van der Waals surface area contributed by atoms with Gasteiger partial charge in [-0.3, -0.25) is 9.78 Å². The van der Waals surface area contributed by atoms with Crippen molar-refractivity contribution in [1.82, 2.24) is 15.0 Å². The molecule has 4 aromatic rings. The number of esters is 2. The maximum atomic E-state index is 13.3. The fraction of sp³-hybridized carbons (Fsp3) is 0.387. The van der Waals surface area contributed by atoms with Gasteiger partial charge in [0.05, 0.1) is 29.3 Å². The van der Waals surface area contributed by atoms with Gasteiger partial charge < -0.3 is 19.8 Å². The van der Waals surface area contributed by atoms with Crippen molar-refractivity contribution in [3.63, 3.8) is 0 Å². The number of anilines is 1. The summed E-state index contributed by atoms with van der Waals surface area (Å²) in [5, 5.41) is 3.32. The van der Waals surface area contributed by atoms with Gasteiger partial charge in [-0.05, 0) is 72.9 Å². The molecular weight excluding hydrogens is 540 g/mol. The van der Waals surface area contributed by atoms with E-state index in [-0.39, 0.29) is 11.8 Å². The first-order chi connectivity index (χ1) is 19.6. The Labute approximate surface area is 242 Å². The Morgan fingerprint density at radius 3 is 2.68 bits per heavy atom. The molecule has 9 nitrogen and oxygen atoms in total. The van der Waals surface area contributed by atoms with Crippen molar-refractivity contribution in [2.75, 3.05) is 12.4 Å². The second-order valence-corrected chi connectivity index (χ2v) is 12.5. The molecule has 0 spiro atoms. The zero-order chi connectivity index (χ0) is 29.3. The van der Waals surface area contributed by atoms with Crippen LogP contribution in [0.1, 0.15) is 71.7 Å². The van der Waals surface area contributed by atoms with Crippen molar-refractivity contribution in [3.05, 3.63) is 64.3 Å². The molecule has 1 aliphatic rings. The van der Waals surface area contributed by atoms with E-state index < -0.39 is 23.9 Å². The zero-order valence-electron chi connectivity index (χ0n) is 23.9. The third-order valence-corrected chi connectivity index (χ3v) is 8.85. The summed E-state index contributed by atoms with van der Waals surface area (Å²) in [4.78, 5) is 52.2. The van der Waals surface area contributed by atoms with Gasteiger partial charge >= 0.3 is 11.9 Å². The highest BCUT2D eigenvalue weighted by atomic mass is 32.1. The molecule has 214 valence electrons. The van der Waals surface area contributed by atoms with Gasteiger partial charge in [0.2, 0.25) is 0 Å². The van der Waals surface area contributed by atoms with Crippen LogP contribution >= 0.6 is 11.3 Å². The number of methoxy groups -OCH3 is 1. The molecule has 0 aliphatic heterocycles. The van der Waals surface area contributed by atoms with Gasteiger partial charge in [-0.2, -0.15) is 0 Å². The summed E-state index contributed by atoms with van der Waals surface area (Å²) in [6.45, 7) is 8.45. The number of carbonyl (C=O) groups excluding carboxylic acids is 3. The van der Waals surface area contributed by atoms with E-state index >= 15 is 0 Å². The number of hydrogen-bond donors (Lipinski definition) is 2. The SMILES string of the molecule is CCC(OC(=O)c1ccc2nc(-c3cccnc3)[nH]c2c1)C(=O)Nc1sc2c(c1C(=O)OC)CCC(C(C)(C)C)C2. The molecule has 5 rings (SSSR count). The van der Waals surface area contributed by atoms with E-state index in [0.717, 1.165) is 35.3 Å². The molecule has 0 saturated carbocycles. The zero-order valence-corrected chi connectivity index (χ0v) is 24.7. The van der Waals surface area contributed by atoms with Crippen LogP contribution < -0.4 is 5.32 Å². The predicted molar refractivity (Wildman–Crippen MR) is 158 cm³/mol. The van der Waals surface area contributed by atoms with Gasteiger partial charge in [0, 0.05) is 22.8 Å². The Hall–Kier alpha value is -4.05. The average molecular weight is 575 g/mol. The number of hydrogen-bond acceptors (Lipinski definition) is 8. The number of benzene rings is 1. The Kier molecular flexibility index (Phi) is 7.95. The van der Waals surface area contributed by atoms with Crippen molar-refractivity contribution in [2.24, 2.45) is 11.3 Å². The smallest absolute Gasteiger partial charge is 0.341 e. The van der Waals surface area contributed by atoms with E-state index in [2.05, 4.69) is 41.0 Å². The molecule has 2 atom stereocenters. The molecule has 0 radical (unpaired) electrons. The predicted octanol–water partition coefficient (Wildman–Crippen LogP) is 6.20. The van der Waals surface area contributed by atoms with Crippen LogP contribution in [0.2, 0.25) is 0 Å². The Morgan fingerprint density at radius 1 is 1.20 bits per heavy atom. The van der Waals surface area contributed by atoms with Gasteiger partial charge in [0.1, 0.15) is 10.8 Å². The van der Waals surface area contributed by atoms with Crippen LogP contribution in [-0.4, -0.2) is 46.0 Å². The van der Waals surface area contributed by atoms with Crippen molar-refractivity contribution in [1.29, 1.82) is 0 Å². The number of nitrogens with zero attached hydrogens (tertiary/aromatic N) is 2. The van der Waals surface area contributed by atoms with Gasteiger partial charge in [-0.25, -0.2) is 14.6 Å². The minimum absolute atomic E-state index is 0.136. The third-order valence-electron chi connectivity index (χ3n) is 7.68. The normalized spacial score (nSPS) is 15.7. The number of rotatable bonds is 7. The molecule has 1 aromatic carbocycles. The van der Waals surface area contributed by atoms with Gasteiger partial charge in [-0.15, -0.1) is 11.3 Å². The van der Waals surface area contributed by atoms with Crippen LogP contribution in [0.25, 0.3) is 22.4 Å². The quantitative estimate of drug-likeness (QED) is 0.252. The van der Waals surface area contributed by atoms with E-state index in [1.54, 1.807) is 37.5 Å². The fourth-order valence-electron chi connectivity index (χ4n) is 5.22. The number of aromatic amines is 1. The number of carbonyl (C=O) groups is 3. The van der Waals surface area contributed by atoms with Crippen molar-refractivity contribution in [3.8, 4) is 11.4 Å². The molecule has 1 amide bonds. The van der Waals surface area contributed by atoms with Crippen LogP contribution in [0.15, 0.2) is 42.7 Å². The maximum Gasteiger partial charge on any atom is 0.341 e. The summed E-state index contributed by atoms with van der Waals surface area (Å²) in [6, 6.07) is 8.72. The largest absolute Gasteiger partial charge is 0.465 e. The number of imidazole rings is 1. The highest BCUT2D eigenvalue weighted by Crippen LogP contribution is 2.44. The fourth-order valence-corrected chi connectivity index (χ4v) is 6.54. The standard InChI is InChI=1S/C31H34N4O5S/c1-6-23(40-29(37)17-9-12-21-22(14-17)34-26(33-21)18-8-7-13-32-16-18)27(36)35-28-25(30(38)39-5)20-11-10-19(31(2,3)4)15-24(20)41-28/h7-9,12-14,16,19,23H,6,10-11,15H2,1-5H3,(H,33,34)(H,35,36). The van der Waals surface area contributed by atoms with E-state index in [0.29, 0.717) is 38.9 Å². The molecule has 0 saturated heterocycles. The Balaban J connectivity index is 1.33. The number of amides is 1. The number of ether oxygens (including phenoxy) is 2. The Bertz CT molecular complexity index is 1600. The highest BCUT2D eigenvalue weighted by molar-refractivity contribution is 7.17. The molecule has 41 heavy (non-hydrogen) atoms. The topological polar surface area (TPSA) is 123 Å². The molecule has 2 unspecified atom stereocenters. The van der Waals surface area contributed by atoms with Crippen LogP contribution in [0.4, 0.5) is 5.00 Å². The molecule has 3 aromatic heterocycles. The molecular formula is C31H34N4O5S. The lowest BCUT2D eigenvalue weighted by molar-refractivity contribution is -0.124. The highest BCUT2D eigenvalue weighted by Gasteiger charge is 2.35. The summed E-state index contributed by atoms with van der Waals surface area (Å²) >= 11 is 1.41. The Morgan fingerprint density at radius 2 is 2.00 bits per heavy atom. The number of fused-ring (bicyclic) bond motifs is 2. The summed E-state index contributed by atoms with van der Waals surface area (Å²) in [5.41, 5.74) is 3.96. The van der Waals surface area contributed by atoms with Gasteiger partial charge in [-0.1, -0.05) is 27.7 Å². The average Bonchev–Trinajstić information content (AvgIpc) is 3.55. The van der Waals surface area contributed by atoms with Crippen LogP contribution in [-0.2, 0) is 27.1 Å². The van der Waals surface area contributed by atoms with Crippen LogP contribution in [0, 0.1) is 11.3 Å². The lowest BCUT2D eigenvalue weighted by atomic mass is 9.72. The first kappa shape index (κ1) is 28.5. The third kappa shape index (κ3) is 5.88. The minimum Gasteiger partial charge on any atom is -0.465 e. The number of aromatic nitrogens is 3. The van der Waals surface area contributed by atoms with Crippen LogP contribution in [0.3, 0.4) is 0 Å². The lowest BCUT2D eigenvalue weighted by Gasteiger charge is -2.33. The van der Waals surface area contributed by atoms with Crippen molar-refractivity contribution in [2.45, 2.75) is 59.5 Å². The van der Waals surface area contributed by atoms with E-state index in [4.69, 9.17) is 9.47 Å². The number of thiophene rings is 1. The summed E-state index contributed by atoms with van der Waals surface area (Å²) < 4.78 is 10.7. The molecule has 1 aliphatic carbocycles. The lowest BCUT2D eigenvalue weighted by Crippen LogP contribution is -2.32. The second-order valence-electron chi connectivity index (χ2n) is 11.4. The first-order valence-corrected chi connectivity index (χ1v) is 14.6.